The molecule has 0 saturated carbocycles. The Morgan fingerprint density at radius 3 is 2.36 bits per heavy atom. The highest BCUT2D eigenvalue weighted by Crippen LogP contribution is 1.99. The summed E-state index contributed by atoms with van der Waals surface area (Å²) in [5.74, 6) is 0.172. The van der Waals surface area contributed by atoms with Gasteiger partial charge in [-0.15, -0.1) is 0 Å². The average molecular weight is 152 g/mol. The molecule has 0 aromatic heterocycles. The molecule has 11 heavy (non-hydrogen) atoms. The van der Waals surface area contributed by atoms with Crippen LogP contribution >= 0.6 is 0 Å². The van der Waals surface area contributed by atoms with Crippen LogP contribution in [0, 0.1) is 0 Å². The molecule has 0 bridgehead atoms. The summed E-state index contributed by atoms with van der Waals surface area (Å²) in [4.78, 5) is 10.7. The molecule has 0 aliphatic heterocycles. The van der Waals surface area contributed by atoms with E-state index in [0.717, 1.165) is 18.4 Å². The van der Waals surface area contributed by atoms with E-state index < -0.39 is 0 Å². The predicted molar refractivity (Wildman–Crippen MR) is 48.5 cm³/mol. The van der Waals surface area contributed by atoms with Crippen molar-refractivity contribution in [1.29, 1.82) is 0 Å². The van der Waals surface area contributed by atoms with Gasteiger partial charge in [-0.05, 0) is 39.2 Å². The Morgan fingerprint density at radius 1 is 1.27 bits per heavy atom. The van der Waals surface area contributed by atoms with Crippen molar-refractivity contribution in [3.8, 4) is 0 Å². The number of ketones is 1. The molecule has 0 aromatic carbocycles. The first-order chi connectivity index (χ1) is 5.18. The van der Waals surface area contributed by atoms with Gasteiger partial charge in [0, 0.05) is 0 Å². The van der Waals surface area contributed by atoms with E-state index in [2.05, 4.69) is 6.08 Å². The lowest BCUT2D eigenvalue weighted by atomic mass is 10.1. The highest BCUT2D eigenvalue weighted by atomic mass is 16.1. The summed E-state index contributed by atoms with van der Waals surface area (Å²) in [5.41, 5.74) is 0.870. The number of hydrogen-bond donors (Lipinski definition) is 0. The van der Waals surface area contributed by atoms with Crippen molar-refractivity contribution in [2.75, 3.05) is 0 Å². The van der Waals surface area contributed by atoms with Crippen LogP contribution in [0.4, 0.5) is 0 Å². The van der Waals surface area contributed by atoms with Gasteiger partial charge >= 0.3 is 0 Å². The minimum Gasteiger partial charge on any atom is -0.295 e. The van der Waals surface area contributed by atoms with E-state index in [-0.39, 0.29) is 5.78 Å². The van der Waals surface area contributed by atoms with Crippen LogP contribution in [-0.4, -0.2) is 5.78 Å². The van der Waals surface area contributed by atoms with Crippen molar-refractivity contribution in [2.24, 2.45) is 0 Å². The van der Waals surface area contributed by atoms with Crippen LogP contribution in [-0.2, 0) is 4.79 Å². The molecule has 0 heterocycles. The average Bonchev–Trinajstić information content (AvgIpc) is 1.97. The van der Waals surface area contributed by atoms with Crippen molar-refractivity contribution in [3.05, 3.63) is 23.8 Å². The van der Waals surface area contributed by atoms with E-state index in [1.807, 2.05) is 26.0 Å². The third-order valence-electron chi connectivity index (χ3n) is 1.57. The van der Waals surface area contributed by atoms with Crippen LogP contribution in [0.15, 0.2) is 23.8 Å². The van der Waals surface area contributed by atoms with Gasteiger partial charge in [-0.2, -0.15) is 0 Å². The lowest BCUT2D eigenvalue weighted by Crippen LogP contribution is -1.90. The first kappa shape index (κ1) is 10.2. The van der Waals surface area contributed by atoms with Gasteiger partial charge < -0.3 is 0 Å². The number of allylic oxidation sites excluding steroid dienone is 4. The molecule has 0 aliphatic carbocycles. The normalized spacial score (nSPS) is 12.5. The maximum Gasteiger partial charge on any atom is 0.155 e. The maximum atomic E-state index is 10.7. The molecule has 0 N–H and O–H groups in total. The Morgan fingerprint density at radius 2 is 1.91 bits per heavy atom. The Kier molecular flexibility index (Phi) is 5.44. The molecule has 0 radical (unpaired) electrons. The summed E-state index contributed by atoms with van der Waals surface area (Å²) >= 11 is 0. The number of carbonyl (C=O) groups excluding carboxylic acids is 1. The fraction of sp³-hybridized carbons (Fsp3) is 0.500. The highest BCUT2D eigenvalue weighted by Gasteiger charge is 1.92. The van der Waals surface area contributed by atoms with Crippen molar-refractivity contribution in [3.63, 3.8) is 0 Å². The number of carbonyl (C=O) groups is 1. The van der Waals surface area contributed by atoms with Crippen LogP contribution < -0.4 is 0 Å². The first-order valence-corrected chi connectivity index (χ1v) is 3.97. The summed E-state index contributed by atoms with van der Waals surface area (Å²) in [6.07, 6.45) is 8.11. The minimum atomic E-state index is 0.172. The Balaban J connectivity index is 3.65. The third-order valence-corrected chi connectivity index (χ3v) is 1.57. The van der Waals surface area contributed by atoms with Gasteiger partial charge in [-0.3, -0.25) is 4.79 Å². The molecule has 0 atom stereocenters. The second-order valence-electron chi connectivity index (χ2n) is 2.59. The van der Waals surface area contributed by atoms with Crippen LogP contribution in [0.2, 0.25) is 0 Å². The molecule has 1 nitrogen and oxygen atoms in total. The molecule has 0 aromatic rings. The van der Waals surface area contributed by atoms with Crippen molar-refractivity contribution in [1.82, 2.24) is 0 Å². The molecular weight excluding hydrogens is 136 g/mol. The van der Waals surface area contributed by atoms with Gasteiger partial charge in [0.2, 0.25) is 0 Å². The van der Waals surface area contributed by atoms with Crippen LogP contribution in [0.5, 0.6) is 0 Å². The standard InChI is InChI=1S/C10H16O/c1-4-5-6-7-8-9(2)10(3)11/h4-5,8H,6-7H2,1-3H3. The molecule has 0 fully saturated rings. The molecule has 0 saturated heterocycles. The molecule has 0 amide bonds. The van der Waals surface area contributed by atoms with E-state index >= 15 is 0 Å². The summed E-state index contributed by atoms with van der Waals surface area (Å²) < 4.78 is 0. The van der Waals surface area contributed by atoms with E-state index in [4.69, 9.17) is 0 Å². The Bertz CT molecular complexity index is 175. The summed E-state index contributed by atoms with van der Waals surface area (Å²) in [6, 6.07) is 0. The lowest BCUT2D eigenvalue weighted by molar-refractivity contribution is -0.113. The molecular formula is C10H16O. The molecule has 0 aliphatic rings. The van der Waals surface area contributed by atoms with Crippen LogP contribution in [0.1, 0.15) is 33.6 Å². The summed E-state index contributed by atoms with van der Waals surface area (Å²) in [7, 11) is 0. The van der Waals surface area contributed by atoms with Crippen molar-refractivity contribution in [2.45, 2.75) is 33.6 Å². The zero-order chi connectivity index (χ0) is 8.69. The van der Waals surface area contributed by atoms with E-state index in [9.17, 15) is 4.79 Å². The van der Waals surface area contributed by atoms with Crippen molar-refractivity contribution >= 4 is 5.78 Å². The second-order valence-corrected chi connectivity index (χ2v) is 2.59. The first-order valence-electron chi connectivity index (χ1n) is 3.97. The number of hydrogen-bond acceptors (Lipinski definition) is 1. The van der Waals surface area contributed by atoms with Gasteiger partial charge in [0.1, 0.15) is 0 Å². The SMILES string of the molecule is CC=CCCC=C(C)C(C)=O. The Hall–Kier alpha value is -0.850. The summed E-state index contributed by atoms with van der Waals surface area (Å²) in [6.45, 7) is 5.46. The number of Topliss-reactive ketones (excluding diaryl/α,β-unsaturated/α-hetero) is 1. The quantitative estimate of drug-likeness (QED) is 0.344. The van der Waals surface area contributed by atoms with Gasteiger partial charge in [0.05, 0.1) is 0 Å². The lowest BCUT2D eigenvalue weighted by Gasteiger charge is -1.92. The van der Waals surface area contributed by atoms with Gasteiger partial charge in [0.25, 0.3) is 0 Å². The van der Waals surface area contributed by atoms with E-state index in [1.165, 1.54) is 0 Å². The number of rotatable bonds is 4. The monoisotopic (exact) mass is 152 g/mol. The highest BCUT2D eigenvalue weighted by molar-refractivity contribution is 5.92. The van der Waals surface area contributed by atoms with Gasteiger partial charge in [-0.25, -0.2) is 0 Å². The van der Waals surface area contributed by atoms with Gasteiger partial charge in [-0.1, -0.05) is 18.2 Å². The molecule has 0 rings (SSSR count). The minimum absolute atomic E-state index is 0.172. The van der Waals surface area contributed by atoms with Crippen LogP contribution in [0.3, 0.4) is 0 Å². The fourth-order valence-electron chi connectivity index (χ4n) is 0.706. The molecule has 0 spiro atoms. The predicted octanol–water partition coefficient (Wildman–Crippen LogP) is 2.88. The smallest absolute Gasteiger partial charge is 0.155 e. The zero-order valence-corrected chi connectivity index (χ0v) is 7.55. The largest absolute Gasteiger partial charge is 0.295 e. The van der Waals surface area contributed by atoms with Crippen LogP contribution in [0.25, 0.3) is 0 Å². The molecule has 62 valence electrons. The summed E-state index contributed by atoms with van der Waals surface area (Å²) in [5, 5.41) is 0. The maximum absolute atomic E-state index is 10.7. The molecule has 1 heteroatoms. The van der Waals surface area contributed by atoms with Crippen molar-refractivity contribution < 1.29 is 4.79 Å². The second kappa shape index (κ2) is 5.90. The van der Waals surface area contributed by atoms with Gasteiger partial charge in [0.15, 0.2) is 5.78 Å². The van der Waals surface area contributed by atoms with E-state index in [1.54, 1.807) is 6.92 Å². The fourth-order valence-corrected chi connectivity index (χ4v) is 0.706. The number of unbranched alkanes of at least 4 members (excludes halogenated alkanes) is 1. The third kappa shape index (κ3) is 5.59. The molecule has 0 unspecified atom stereocenters. The van der Waals surface area contributed by atoms with E-state index in [0.29, 0.717) is 0 Å². The Labute approximate surface area is 68.8 Å². The topological polar surface area (TPSA) is 17.1 Å². The zero-order valence-electron chi connectivity index (χ0n) is 7.55.